The van der Waals surface area contributed by atoms with Crippen LogP contribution in [0.25, 0.3) is 0 Å². The zero-order valence-corrected chi connectivity index (χ0v) is 13.7. The topological polar surface area (TPSA) is 46.2 Å². The lowest BCUT2D eigenvalue weighted by molar-refractivity contribution is 0.553. The van der Waals surface area contributed by atoms with Gasteiger partial charge >= 0.3 is 0 Å². The van der Waals surface area contributed by atoms with Gasteiger partial charge in [-0.05, 0) is 41.5 Å². The molecule has 1 aliphatic carbocycles. The van der Waals surface area contributed by atoms with Crippen LogP contribution < -0.4 is 4.72 Å². The highest BCUT2D eigenvalue weighted by Gasteiger charge is 2.27. The molecule has 0 saturated carbocycles. The molecule has 0 spiro atoms. The third kappa shape index (κ3) is 2.94. The first-order valence-corrected chi connectivity index (χ1v) is 9.14. The van der Waals surface area contributed by atoms with E-state index >= 15 is 0 Å². The van der Waals surface area contributed by atoms with E-state index in [1.165, 1.54) is 11.1 Å². The van der Waals surface area contributed by atoms with Crippen LogP contribution in [0.5, 0.6) is 0 Å². The van der Waals surface area contributed by atoms with Crippen LogP contribution in [0.3, 0.4) is 0 Å². The maximum atomic E-state index is 12.8. The van der Waals surface area contributed by atoms with Crippen molar-refractivity contribution in [2.45, 2.75) is 43.5 Å². The normalized spacial score (nSPS) is 15.2. The van der Waals surface area contributed by atoms with Crippen molar-refractivity contribution in [3.8, 4) is 0 Å². The average molecular weight is 315 g/mol. The van der Waals surface area contributed by atoms with Crippen LogP contribution >= 0.6 is 0 Å². The summed E-state index contributed by atoms with van der Waals surface area (Å²) in [4.78, 5) is 0.404. The summed E-state index contributed by atoms with van der Waals surface area (Å²) in [5.74, 6) is 0.175. The first-order chi connectivity index (χ1) is 10.5. The van der Waals surface area contributed by atoms with E-state index in [0.717, 1.165) is 18.4 Å². The number of fused-ring (bicyclic) bond motifs is 1. The molecular weight excluding hydrogens is 294 g/mol. The second kappa shape index (κ2) is 5.86. The van der Waals surface area contributed by atoms with Gasteiger partial charge in [0.2, 0.25) is 10.0 Å². The molecule has 3 nitrogen and oxygen atoms in total. The predicted octanol–water partition coefficient (Wildman–Crippen LogP) is 3.26. The Bertz CT molecular complexity index is 756. The highest BCUT2D eigenvalue weighted by atomic mass is 32.2. The second-order valence-electron chi connectivity index (χ2n) is 6.19. The molecule has 116 valence electrons. The number of sulfonamides is 1. The molecule has 0 aromatic heterocycles. The van der Waals surface area contributed by atoms with Gasteiger partial charge in [-0.25, -0.2) is 13.1 Å². The van der Waals surface area contributed by atoms with Gasteiger partial charge < -0.3 is 0 Å². The summed E-state index contributed by atoms with van der Waals surface area (Å²) in [6.45, 7) is 4.03. The molecule has 3 rings (SSSR count). The van der Waals surface area contributed by atoms with Crippen LogP contribution in [0.15, 0.2) is 53.4 Å². The maximum Gasteiger partial charge on any atom is 0.241 e. The SMILES string of the molecule is CC(C)c1ccccc1S(=O)(=O)NC1Cc2ccccc2C1. The molecule has 0 heterocycles. The highest BCUT2D eigenvalue weighted by molar-refractivity contribution is 7.89. The van der Waals surface area contributed by atoms with E-state index in [0.29, 0.717) is 4.90 Å². The van der Waals surface area contributed by atoms with Crippen molar-refractivity contribution in [2.75, 3.05) is 0 Å². The predicted molar refractivity (Wildman–Crippen MR) is 88.5 cm³/mol. The smallest absolute Gasteiger partial charge is 0.207 e. The van der Waals surface area contributed by atoms with Crippen molar-refractivity contribution >= 4 is 10.0 Å². The molecule has 0 fully saturated rings. The fourth-order valence-corrected chi connectivity index (χ4v) is 4.73. The standard InChI is InChI=1S/C18H21NO2S/c1-13(2)17-9-5-6-10-18(17)22(20,21)19-16-11-14-7-3-4-8-15(14)12-16/h3-10,13,16,19H,11-12H2,1-2H3. The largest absolute Gasteiger partial charge is 0.241 e. The second-order valence-corrected chi connectivity index (χ2v) is 7.87. The van der Waals surface area contributed by atoms with Crippen molar-refractivity contribution in [3.63, 3.8) is 0 Å². The molecule has 1 aliphatic rings. The maximum absolute atomic E-state index is 12.8. The summed E-state index contributed by atoms with van der Waals surface area (Å²) in [5.41, 5.74) is 3.35. The number of hydrogen-bond donors (Lipinski definition) is 1. The molecule has 0 amide bonds. The Balaban J connectivity index is 1.84. The Hall–Kier alpha value is -1.65. The van der Waals surface area contributed by atoms with Crippen molar-refractivity contribution in [3.05, 3.63) is 65.2 Å². The molecule has 0 bridgehead atoms. The molecule has 0 unspecified atom stereocenters. The molecule has 1 N–H and O–H groups in total. The molecule has 0 saturated heterocycles. The van der Waals surface area contributed by atoms with Gasteiger partial charge in [-0.1, -0.05) is 56.3 Å². The summed E-state index contributed by atoms with van der Waals surface area (Å²) in [5, 5.41) is 0. The molecule has 0 radical (unpaired) electrons. The van der Waals surface area contributed by atoms with Gasteiger partial charge in [-0.2, -0.15) is 0 Å². The van der Waals surface area contributed by atoms with Gasteiger partial charge in [0.05, 0.1) is 4.90 Å². The van der Waals surface area contributed by atoms with Gasteiger partial charge in [0, 0.05) is 6.04 Å². The van der Waals surface area contributed by atoms with E-state index in [9.17, 15) is 8.42 Å². The zero-order chi connectivity index (χ0) is 15.7. The van der Waals surface area contributed by atoms with E-state index in [2.05, 4.69) is 16.9 Å². The Morgan fingerprint density at radius 1 is 0.955 bits per heavy atom. The quantitative estimate of drug-likeness (QED) is 0.941. The van der Waals surface area contributed by atoms with Gasteiger partial charge in [0.1, 0.15) is 0 Å². The van der Waals surface area contributed by atoms with E-state index in [1.54, 1.807) is 12.1 Å². The van der Waals surface area contributed by atoms with Crippen LogP contribution in [0, 0.1) is 0 Å². The Labute approximate surface area is 132 Å². The first-order valence-electron chi connectivity index (χ1n) is 7.65. The molecule has 0 aliphatic heterocycles. The Morgan fingerprint density at radius 3 is 2.09 bits per heavy atom. The van der Waals surface area contributed by atoms with E-state index < -0.39 is 10.0 Å². The lowest BCUT2D eigenvalue weighted by Gasteiger charge is -2.17. The molecule has 0 atom stereocenters. The summed E-state index contributed by atoms with van der Waals surface area (Å²) >= 11 is 0. The monoisotopic (exact) mass is 315 g/mol. The number of nitrogens with one attached hydrogen (secondary N) is 1. The average Bonchev–Trinajstić information content (AvgIpc) is 2.88. The summed E-state index contributed by atoms with van der Waals surface area (Å²) in [6, 6.07) is 15.4. The van der Waals surface area contributed by atoms with Gasteiger partial charge in [-0.15, -0.1) is 0 Å². The Morgan fingerprint density at radius 2 is 1.50 bits per heavy atom. The van der Waals surface area contributed by atoms with Crippen LogP contribution in [0.2, 0.25) is 0 Å². The van der Waals surface area contributed by atoms with Crippen molar-refractivity contribution in [1.82, 2.24) is 4.72 Å². The highest BCUT2D eigenvalue weighted by Crippen LogP contribution is 2.26. The van der Waals surface area contributed by atoms with Crippen molar-refractivity contribution in [2.24, 2.45) is 0 Å². The van der Waals surface area contributed by atoms with Gasteiger partial charge in [-0.3, -0.25) is 0 Å². The van der Waals surface area contributed by atoms with E-state index in [-0.39, 0.29) is 12.0 Å². The minimum Gasteiger partial charge on any atom is -0.207 e. The molecular formula is C18H21NO2S. The molecule has 22 heavy (non-hydrogen) atoms. The van der Waals surface area contributed by atoms with Crippen LogP contribution in [0.1, 0.15) is 36.5 Å². The van der Waals surface area contributed by atoms with Gasteiger partial charge in [0.25, 0.3) is 0 Å². The van der Waals surface area contributed by atoms with E-state index in [4.69, 9.17) is 0 Å². The third-order valence-corrected chi connectivity index (χ3v) is 5.80. The van der Waals surface area contributed by atoms with Gasteiger partial charge in [0.15, 0.2) is 0 Å². The number of rotatable bonds is 4. The fraction of sp³-hybridized carbons (Fsp3) is 0.333. The summed E-state index contributed by atoms with van der Waals surface area (Å²) < 4.78 is 28.4. The zero-order valence-electron chi connectivity index (χ0n) is 12.9. The van der Waals surface area contributed by atoms with Crippen LogP contribution in [0.4, 0.5) is 0 Å². The van der Waals surface area contributed by atoms with E-state index in [1.807, 2.05) is 38.1 Å². The minimum atomic E-state index is -3.49. The lowest BCUT2D eigenvalue weighted by Crippen LogP contribution is -2.35. The van der Waals surface area contributed by atoms with Crippen LogP contribution in [-0.2, 0) is 22.9 Å². The first kappa shape index (κ1) is 15.3. The third-order valence-electron chi connectivity index (χ3n) is 4.20. The minimum absolute atomic E-state index is 0.0531. The van der Waals surface area contributed by atoms with Crippen LogP contribution in [-0.4, -0.2) is 14.5 Å². The number of hydrogen-bond acceptors (Lipinski definition) is 2. The van der Waals surface area contributed by atoms with Crippen molar-refractivity contribution < 1.29 is 8.42 Å². The molecule has 4 heteroatoms. The fourth-order valence-electron chi connectivity index (χ4n) is 3.13. The summed E-state index contributed by atoms with van der Waals surface area (Å²) in [6.07, 6.45) is 1.53. The lowest BCUT2D eigenvalue weighted by atomic mass is 10.0. The molecule has 2 aromatic rings. The Kier molecular flexibility index (Phi) is 4.06. The van der Waals surface area contributed by atoms with Crippen molar-refractivity contribution in [1.29, 1.82) is 0 Å². The summed E-state index contributed by atoms with van der Waals surface area (Å²) in [7, 11) is -3.49. The number of benzene rings is 2. The molecule has 2 aromatic carbocycles.